The van der Waals surface area contributed by atoms with Crippen LogP contribution in [0.4, 0.5) is 4.39 Å². The average Bonchev–Trinajstić information content (AvgIpc) is 3.67. The molecule has 0 aromatic heterocycles. The Kier molecular flexibility index (Phi) is 7.50. The molecular weight excluding hydrogens is 533 g/mol. The number of Topliss-reactive ketones (excluding diaryl/α,β-unsaturated/α-hetero) is 1. The molecule has 1 saturated carbocycles. The van der Waals surface area contributed by atoms with E-state index in [0.29, 0.717) is 34.3 Å². The molecule has 39 heavy (non-hydrogen) atoms. The van der Waals surface area contributed by atoms with Crippen molar-refractivity contribution in [2.45, 2.75) is 31.7 Å². The van der Waals surface area contributed by atoms with Crippen molar-refractivity contribution >= 4 is 34.9 Å². The van der Waals surface area contributed by atoms with Gasteiger partial charge in [-0.15, -0.1) is 0 Å². The largest absolute Gasteiger partial charge is 0.493 e. The molecule has 5 rings (SSSR count). The lowest BCUT2D eigenvalue weighted by molar-refractivity contribution is -0.136. The molecule has 3 unspecified atom stereocenters. The molecule has 1 aliphatic carbocycles. The number of carbonyl (C=O) groups excluding carboxylic acids is 1. The van der Waals surface area contributed by atoms with Gasteiger partial charge < -0.3 is 35.0 Å². The van der Waals surface area contributed by atoms with Gasteiger partial charge in [-0.3, -0.25) is 4.79 Å². The Balaban J connectivity index is 1.33. The van der Waals surface area contributed by atoms with Crippen molar-refractivity contribution in [2.24, 2.45) is 27.7 Å². The molecule has 1 aromatic rings. The number of aliphatic carboxylic acids is 1. The molecule has 0 radical (unpaired) electrons. The number of benzene rings is 1. The number of aliphatic imine (C=N–C) groups is 1. The average molecular weight is 562 g/mol. The number of ether oxygens (including phenoxy) is 2. The molecule has 208 valence electrons. The molecule has 4 aliphatic rings. The van der Waals surface area contributed by atoms with E-state index in [4.69, 9.17) is 31.6 Å². The maximum atomic E-state index is 15.3. The Morgan fingerprint density at radius 3 is 2.72 bits per heavy atom. The first-order valence-electron chi connectivity index (χ1n) is 12.5. The van der Waals surface area contributed by atoms with Crippen LogP contribution >= 0.6 is 11.6 Å². The van der Waals surface area contributed by atoms with Crippen molar-refractivity contribution in [3.8, 4) is 11.5 Å². The van der Waals surface area contributed by atoms with Gasteiger partial charge >= 0.3 is 5.97 Å². The second-order valence-corrected chi connectivity index (χ2v) is 10.2. The van der Waals surface area contributed by atoms with Crippen LogP contribution in [0.15, 0.2) is 46.0 Å². The molecule has 0 amide bonds. The van der Waals surface area contributed by atoms with Crippen LogP contribution in [0.2, 0.25) is 5.02 Å². The quantitative estimate of drug-likeness (QED) is 0.361. The zero-order chi connectivity index (χ0) is 27.8. The Morgan fingerprint density at radius 1 is 1.31 bits per heavy atom. The van der Waals surface area contributed by atoms with Gasteiger partial charge in [-0.1, -0.05) is 16.8 Å². The van der Waals surface area contributed by atoms with Gasteiger partial charge in [0.2, 0.25) is 0 Å². The predicted molar refractivity (Wildman–Crippen MR) is 140 cm³/mol. The Hall–Kier alpha value is -3.64. The zero-order valence-electron chi connectivity index (χ0n) is 21.5. The number of methoxy groups -OCH3 is 2. The Bertz CT molecular complexity index is 1310. The lowest BCUT2D eigenvalue weighted by atomic mass is 9.88. The number of carbonyl (C=O) groups is 2. The number of fused-ring (bicyclic) bond motifs is 1. The van der Waals surface area contributed by atoms with Gasteiger partial charge in [0.05, 0.1) is 37.4 Å². The summed E-state index contributed by atoms with van der Waals surface area (Å²) in [6, 6.07) is 3.51. The lowest BCUT2D eigenvalue weighted by Gasteiger charge is -2.39. The Labute approximate surface area is 229 Å². The SMILES string of the molecule is COc1cc(CO/N=C2/CN(C3=NC4C(C=C3F)C(=O)C(C(=O)O)=CN4C3CC3)CC2CN)cc(Cl)c1OC. The summed E-state index contributed by atoms with van der Waals surface area (Å²) in [7, 11) is 3.01. The van der Waals surface area contributed by atoms with E-state index in [9.17, 15) is 14.7 Å². The van der Waals surface area contributed by atoms with Crippen LogP contribution in [0.5, 0.6) is 11.5 Å². The number of carboxylic acids is 1. The number of carboxylic acid groups (broad SMARTS) is 1. The van der Waals surface area contributed by atoms with Gasteiger partial charge in [-0.2, -0.15) is 0 Å². The van der Waals surface area contributed by atoms with Crippen LogP contribution in [-0.4, -0.2) is 84.3 Å². The first-order chi connectivity index (χ1) is 18.7. The normalized spacial score (nSPS) is 25.7. The molecule has 0 bridgehead atoms. The number of nitrogens with zero attached hydrogens (tertiary/aromatic N) is 4. The number of hydrogen-bond donors (Lipinski definition) is 2. The van der Waals surface area contributed by atoms with E-state index in [0.717, 1.165) is 12.8 Å². The van der Waals surface area contributed by atoms with Crippen LogP contribution in [-0.2, 0) is 21.0 Å². The smallest absolute Gasteiger partial charge is 0.340 e. The highest BCUT2D eigenvalue weighted by Gasteiger charge is 2.47. The minimum Gasteiger partial charge on any atom is -0.493 e. The number of amidine groups is 1. The highest BCUT2D eigenvalue weighted by Crippen LogP contribution is 2.39. The molecular formula is C26H29ClFN5O6. The van der Waals surface area contributed by atoms with Crippen LogP contribution in [0.3, 0.4) is 0 Å². The van der Waals surface area contributed by atoms with E-state index in [1.54, 1.807) is 21.9 Å². The van der Waals surface area contributed by atoms with Crippen molar-refractivity contribution in [1.29, 1.82) is 0 Å². The van der Waals surface area contributed by atoms with Gasteiger partial charge in [0.15, 0.2) is 28.9 Å². The number of halogens is 2. The second-order valence-electron chi connectivity index (χ2n) is 9.78. The van der Waals surface area contributed by atoms with Gasteiger partial charge in [0.1, 0.15) is 18.3 Å². The van der Waals surface area contributed by atoms with E-state index in [2.05, 4.69) is 10.1 Å². The van der Waals surface area contributed by atoms with Crippen molar-refractivity contribution < 1.29 is 33.4 Å². The lowest BCUT2D eigenvalue weighted by Crippen LogP contribution is -2.49. The summed E-state index contributed by atoms with van der Waals surface area (Å²) in [5.41, 5.74) is 6.99. The molecule has 2 fully saturated rings. The number of ketones is 1. The fraction of sp³-hybridized carbons (Fsp3) is 0.462. The van der Waals surface area contributed by atoms with E-state index in [-0.39, 0.29) is 43.1 Å². The first kappa shape index (κ1) is 26.9. The topological polar surface area (TPSA) is 139 Å². The van der Waals surface area contributed by atoms with Gasteiger partial charge in [0.25, 0.3) is 0 Å². The molecule has 13 heteroatoms. The minimum atomic E-state index is -1.32. The fourth-order valence-electron chi connectivity index (χ4n) is 5.09. The first-order valence-corrected chi connectivity index (χ1v) is 12.9. The number of nitrogens with two attached hydrogens (primary N) is 1. The van der Waals surface area contributed by atoms with Gasteiger partial charge in [-0.25, -0.2) is 14.2 Å². The molecule has 11 nitrogen and oxygen atoms in total. The number of likely N-dealkylation sites (tertiary alicyclic amines) is 1. The van der Waals surface area contributed by atoms with E-state index in [1.165, 1.54) is 26.5 Å². The standard InChI is InChI=1S/C26H29ClFN5O6/c1-37-21-6-13(5-18(27)23(21)38-2)12-39-31-20-11-32(9-14(20)8-29)25-19(28)7-16-22(34)17(26(35)36)10-33(15-3-4-15)24(16)30-25/h5-7,10,14-16,24H,3-4,8-9,11-12,29H2,1-2H3,(H,35,36)/b31-20-. The van der Waals surface area contributed by atoms with Crippen molar-refractivity contribution in [3.05, 3.63) is 46.4 Å². The molecule has 1 saturated heterocycles. The van der Waals surface area contributed by atoms with Crippen LogP contribution < -0.4 is 15.2 Å². The number of oxime groups is 1. The summed E-state index contributed by atoms with van der Waals surface area (Å²) < 4.78 is 25.9. The van der Waals surface area contributed by atoms with Crippen LogP contribution in [0.25, 0.3) is 0 Å². The van der Waals surface area contributed by atoms with Crippen molar-refractivity contribution in [3.63, 3.8) is 0 Å². The zero-order valence-corrected chi connectivity index (χ0v) is 22.2. The fourth-order valence-corrected chi connectivity index (χ4v) is 5.40. The summed E-state index contributed by atoms with van der Waals surface area (Å²) in [6.07, 6.45) is 3.55. The third-order valence-corrected chi connectivity index (χ3v) is 7.50. The number of hydrogen-bond acceptors (Lipinski definition) is 10. The molecule has 0 spiro atoms. The van der Waals surface area contributed by atoms with Crippen molar-refractivity contribution in [1.82, 2.24) is 9.80 Å². The Morgan fingerprint density at radius 2 is 2.08 bits per heavy atom. The summed E-state index contributed by atoms with van der Waals surface area (Å²) in [5.74, 6) is -2.86. The second kappa shape index (κ2) is 10.9. The highest BCUT2D eigenvalue weighted by molar-refractivity contribution is 6.32. The van der Waals surface area contributed by atoms with Gasteiger partial charge in [-0.05, 0) is 36.6 Å². The predicted octanol–water partition coefficient (Wildman–Crippen LogP) is 2.34. The number of rotatable bonds is 8. The summed E-state index contributed by atoms with van der Waals surface area (Å²) in [4.78, 5) is 38.1. The summed E-state index contributed by atoms with van der Waals surface area (Å²) in [5, 5.41) is 14.1. The number of dihydropyridines is 1. The van der Waals surface area contributed by atoms with E-state index in [1.807, 2.05) is 0 Å². The van der Waals surface area contributed by atoms with E-state index >= 15 is 4.39 Å². The third-order valence-electron chi connectivity index (χ3n) is 7.22. The summed E-state index contributed by atoms with van der Waals surface area (Å²) >= 11 is 6.27. The van der Waals surface area contributed by atoms with E-state index < -0.39 is 29.7 Å². The maximum absolute atomic E-state index is 15.3. The molecule has 1 aromatic carbocycles. The molecule has 3 atom stereocenters. The summed E-state index contributed by atoms with van der Waals surface area (Å²) in [6.45, 7) is 0.977. The molecule has 3 heterocycles. The maximum Gasteiger partial charge on any atom is 0.340 e. The van der Waals surface area contributed by atoms with Crippen molar-refractivity contribution in [2.75, 3.05) is 33.9 Å². The van der Waals surface area contributed by atoms with Crippen LogP contribution in [0, 0.1) is 11.8 Å². The van der Waals surface area contributed by atoms with Crippen LogP contribution in [0.1, 0.15) is 18.4 Å². The minimum absolute atomic E-state index is 0.0745. The third kappa shape index (κ3) is 5.18. The molecule has 3 aliphatic heterocycles. The van der Waals surface area contributed by atoms with Gasteiger partial charge in [0, 0.05) is 31.2 Å². The monoisotopic (exact) mass is 561 g/mol. The highest BCUT2D eigenvalue weighted by atomic mass is 35.5. The molecule has 3 N–H and O–H groups in total.